The molecule has 4 bridgehead atoms. The lowest BCUT2D eigenvalue weighted by molar-refractivity contribution is -0.155. The Balaban J connectivity index is 1.57. The molecule has 2 N–H and O–H groups in total. The minimum Gasteiger partial charge on any atom is -0.480 e. The van der Waals surface area contributed by atoms with E-state index in [-0.39, 0.29) is 11.5 Å². The third-order valence-electron chi connectivity index (χ3n) is 6.64. The first-order chi connectivity index (χ1) is 10.6. The molecule has 5 nitrogen and oxygen atoms in total. The van der Waals surface area contributed by atoms with Crippen LogP contribution in [0.25, 0.3) is 0 Å². The zero-order valence-electron chi connectivity index (χ0n) is 13.0. The molecule has 4 saturated carbocycles. The van der Waals surface area contributed by atoms with Crippen molar-refractivity contribution in [2.45, 2.75) is 63.5 Å². The van der Waals surface area contributed by atoms with Crippen molar-refractivity contribution in [2.24, 2.45) is 23.2 Å². The topological polar surface area (TPSA) is 76.4 Å². The van der Waals surface area contributed by atoms with Crippen LogP contribution in [-0.2, 0) is 4.79 Å². The summed E-state index contributed by atoms with van der Waals surface area (Å²) in [5, 5.41) is 21.0. The molecular weight excluding hydrogens is 278 g/mol. The van der Waals surface area contributed by atoms with Gasteiger partial charge in [-0.2, -0.15) is 5.26 Å². The van der Waals surface area contributed by atoms with Crippen molar-refractivity contribution in [1.29, 1.82) is 5.26 Å². The molecule has 0 spiro atoms. The zero-order valence-corrected chi connectivity index (χ0v) is 13.0. The summed E-state index contributed by atoms with van der Waals surface area (Å²) in [7, 11) is 0. The summed E-state index contributed by atoms with van der Waals surface area (Å²) in [6, 6.07) is 1.61. The second-order valence-electron chi connectivity index (χ2n) is 8.16. The van der Waals surface area contributed by atoms with Gasteiger partial charge in [-0.05, 0) is 74.5 Å². The third kappa shape index (κ3) is 2.24. The molecule has 1 unspecified atom stereocenters. The second-order valence-corrected chi connectivity index (χ2v) is 8.16. The fraction of sp³-hybridized carbons (Fsp3) is 0.882. The number of nitrogens with one attached hydrogen (secondary N) is 1. The van der Waals surface area contributed by atoms with Gasteiger partial charge < -0.3 is 5.11 Å². The van der Waals surface area contributed by atoms with Gasteiger partial charge in [-0.1, -0.05) is 0 Å². The van der Waals surface area contributed by atoms with Crippen LogP contribution in [0.4, 0.5) is 0 Å². The monoisotopic (exact) mass is 303 g/mol. The first kappa shape index (κ1) is 14.5. The van der Waals surface area contributed by atoms with Gasteiger partial charge in [-0.15, -0.1) is 0 Å². The average molecular weight is 303 g/mol. The van der Waals surface area contributed by atoms with Crippen LogP contribution in [0.5, 0.6) is 0 Å². The van der Waals surface area contributed by atoms with E-state index in [0.717, 1.165) is 56.4 Å². The van der Waals surface area contributed by atoms with Gasteiger partial charge in [0.15, 0.2) is 0 Å². The Morgan fingerprint density at radius 1 is 1.23 bits per heavy atom. The Kier molecular flexibility index (Phi) is 3.43. The van der Waals surface area contributed by atoms with E-state index in [1.165, 1.54) is 19.3 Å². The quantitative estimate of drug-likeness (QED) is 0.832. The van der Waals surface area contributed by atoms with Crippen LogP contribution >= 0.6 is 0 Å². The third-order valence-corrected chi connectivity index (χ3v) is 6.64. The molecule has 2 atom stereocenters. The summed E-state index contributed by atoms with van der Waals surface area (Å²) in [6.45, 7) is 0.786. The van der Waals surface area contributed by atoms with Gasteiger partial charge in [0.2, 0.25) is 0 Å². The van der Waals surface area contributed by atoms with Crippen molar-refractivity contribution in [3.8, 4) is 6.07 Å². The number of nitriles is 1. The van der Waals surface area contributed by atoms with Crippen LogP contribution in [0.2, 0.25) is 0 Å². The highest BCUT2D eigenvalue weighted by atomic mass is 16.4. The number of hydrogen-bond donors (Lipinski definition) is 2. The van der Waals surface area contributed by atoms with Crippen LogP contribution in [0.3, 0.4) is 0 Å². The van der Waals surface area contributed by atoms with Crippen LogP contribution in [0.15, 0.2) is 0 Å². The number of aliphatic carboxylic acids is 1. The highest BCUT2D eigenvalue weighted by molar-refractivity contribution is 5.74. The Labute approximate surface area is 131 Å². The first-order valence-electron chi connectivity index (χ1n) is 8.75. The summed E-state index contributed by atoms with van der Waals surface area (Å²) < 4.78 is 0. The molecule has 5 aliphatic rings. The van der Waals surface area contributed by atoms with Crippen LogP contribution in [0.1, 0.15) is 51.4 Å². The predicted octanol–water partition coefficient (Wildman–Crippen LogP) is 2.15. The first-order valence-corrected chi connectivity index (χ1v) is 8.75. The average Bonchev–Trinajstić information content (AvgIpc) is 2.90. The lowest BCUT2D eigenvalue weighted by Gasteiger charge is -2.59. The van der Waals surface area contributed by atoms with E-state index in [0.29, 0.717) is 0 Å². The number of nitrogens with zero attached hydrogens (tertiary/aromatic N) is 2. The van der Waals surface area contributed by atoms with Gasteiger partial charge >= 0.3 is 5.97 Å². The molecule has 0 aromatic carbocycles. The van der Waals surface area contributed by atoms with E-state index in [4.69, 9.17) is 0 Å². The standard InChI is InChI=1S/C17H25N3O2/c18-10-14-2-1-3-20(14)19-15(16(21)22)17-7-11-4-12(8-17)6-13(5-11)9-17/h11-15,19H,1-9H2,(H,21,22)/t11?,12?,13?,14?,15-,17?/m1/s1. The van der Waals surface area contributed by atoms with Crippen molar-refractivity contribution in [1.82, 2.24) is 10.4 Å². The molecule has 0 aromatic rings. The van der Waals surface area contributed by atoms with Crippen molar-refractivity contribution < 1.29 is 9.90 Å². The number of hydrogen-bond acceptors (Lipinski definition) is 4. The molecule has 1 saturated heterocycles. The van der Waals surface area contributed by atoms with Crippen LogP contribution in [-0.4, -0.2) is 34.7 Å². The normalized spacial score (nSPS) is 44.9. The number of rotatable bonds is 4. The lowest BCUT2D eigenvalue weighted by atomic mass is 9.47. The van der Waals surface area contributed by atoms with Gasteiger partial charge in [-0.25, -0.2) is 10.4 Å². The molecule has 0 aromatic heterocycles. The Morgan fingerprint density at radius 3 is 2.32 bits per heavy atom. The smallest absolute Gasteiger partial charge is 0.322 e. The summed E-state index contributed by atoms with van der Waals surface area (Å²) >= 11 is 0. The summed E-state index contributed by atoms with van der Waals surface area (Å²) in [5.74, 6) is 1.48. The van der Waals surface area contributed by atoms with Crippen LogP contribution in [0, 0.1) is 34.5 Å². The summed E-state index contributed by atoms with van der Waals surface area (Å²) in [6.07, 6.45) is 8.95. The largest absolute Gasteiger partial charge is 0.480 e. The lowest BCUT2D eigenvalue weighted by Crippen LogP contribution is -2.62. The van der Waals surface area contributed by atoms with Gasteiger partial charge in [-0.3, -0.25) is 4.79 Å². The maximum absolute atomic E-state index is 12.0. The van der Waals surface area contributed by atoms with Gasteiger partial charge in [0.1, 0.15) is 12.1 Å². The van der Waals surface area contributed by atoms with E-state index in [1.54, 1.807) is 0 Å². The van der Waals surface area contributed by atoms with E-state index in [9.17, 15) is 15.2 Å². The minimum absolute atomic E-state index is 0.0802. The van der Waals surface area contributed by atoms with E-state index in [2.05, 4.69) is 11.5 Å². The molecule has 1 heterocycles. The fourth-order valence-corrected chi connectivity index (χ4v) is 6.21. The molecule has 5 heteroatoms. The fourth-order valence-electron chi connectivity index (χ4n) is 6.21. The number of carboxylic acid groups (broad SMARTS) is 1. The molecular formula is C17H25N3O2. The van der Waals surface area contributed by atoms with Crippen molar-refractivity contribution >= 4 is 5.97 Å². The number of carboxylic acids is 1. The van der Waals surface area contributed by atoms with Gasteiger partial charge in [0.05, 0.1) is 6.07 Å². The Morgan fingerprint density at radius 2 is 1.82 bits per heavy atom. The Hall–Kier alpha value is -1.12. The number of hydrazine groups is 1. The molecule has 1 aliphatic heterocycles. The zero-order chi connectivity index (χ0) is 15.3. The molecule has 120 valence electrons. The summed E-state index contributed by atoms with van der Waals surface area (Å²) in [4.78, 5) is 12.0. The Bertz CT molecular complexity index is 477. The highest BCUT2D eigenvalue weighted by Gasteiger charge is 2.56. The number of carbonyl (C=O) groups is 1. The SMILES string of the molecule is N#CC1CCCN1N[C@H](C(=O)O)C12CC3CC(CC(C3)C1)C2. The minimum atomic E-state index is -0.731. The van der Waals surface area contributed by atoms with E-state index in [1.807, 2.05) is 5.01 Å². The molecule has 4 aliphatic carbocycles. The molecule has 5 rings (SSSR count). The van der Waals surface area contributed by atoms with Crippen molar-refractivity contribution in [3.63, 3.8) is 0 Å². The van der Waals surface area contributed by atoms with E-state index >= 15 is 0 Å². The van der Waals surface area contributed by atoms with Crippen molar-refractivity contribution in [3.05, 3.63) is 0 Å². The molecule has 5 fully saturated rings. The molecule has 22 heavy (non-hydrogen) atoms. The maximum atomic E-state index is 12.0. The van der Waals surface area contributed by atoms with E-state index < -0.39 is 12.0 Å². The molecule has 0 amide bonds. The molecule has 0 radical (unpaired) electrons. The van der Waals surface area contributed by atoms with Gasteiger partial charge in [0, 0.05) is 6.54 Å². The van der Waals surface area contributed by atoms with Gasteiger partial charge in [0.25, 0.3) is 0 Å². The summed E-state index contributed by atoms with van der Waals surface area (Å²) in [5.41, 5.74) is 3.20. The highest BCUT2D eigenvalue weighted by Crippen LogP contribution is 2.61. The maximum Gasteiger partial charge on any atom is 0.322 e. The second kappa shape index (κ2) is 5.21. The van der Waals surface area contributed by atoms with Crippen molar-refractivity contribution in [2.75, 3.05) is 6.54 Å². The van der Waals surface area contributed by atoms with Crippen LogP contribution < -0.4 is 5.43 Å². The predicted molar refractivity (Wildman–Crippen MR) is 80.5 cm³/mol.